The molecule has 0 aromatic heterocycles. The van der Waals surface area contributed by atoms with Crippen molar-refractivity contribution in [1.29, 1.82) is 0 Å². The van der Waals surface area contributed by atoms with Crippen molar-refractivity contribution in [2.75, 3.05) is 0 Å². The zero-order chi connectivity index (χ0) is 5.82. The predicted octanol–water partition coefficient (Wildman–Crippen LogP) is -2.05. The number of rotatable bonds is 1. The Balaban J connectivity index is 0.000000640. The van der Waals surface area contributed by atoms with Crippen molar-refractivity contribution in [3.05, 3.63) is 35.9 Å². The Bertz CT molecular complexity index is 150. The van der Waals surface area contributed by atoms with Crippen LogP contribution in [-0.4, -0.2) is 0 Å². The van der Waals surface area contributed by atoms with Gasteiger partial charge in [-0.15, -0.1) is 5.56 Å². The van der Waals surface area contributed by atoms with Crippen molar-refractivity contribution in [2.24, 2.45) is 5.73 Å². The molecule has 0 saturated carbocycles. The van der Waals surface area contributed by atoms with Crippen molar-refractivity contribution in [1.82, 2.24) is 0 Å². The van der Waals surface area contributed by atoms with Crippen molar-refractivity contribution >= 4 is 0 Å². The summed E-state index contributed by atoms with van der Waals surface area (Å²) in [6.07, 6.45) is 0. The summed E-state index contributed by atoms with van der Waals surface area (Å²) in [6.45, 7) is 0.620. The summed E-state index contributed by atoms with van der Waals surface area (Å²) in [5, 5.41) is 0. The second-order valence-corrected chi connectivity index (χ2v) is 1.61. The van der Waals surface area contributed by atoms with Crippen molar-refractivity contribution < 1.29 is 29.6 Å². The van der Waals surface area contributed by atoms with Gasteiger partial charge < -0.3 is 5.73 Å². The summed E-state index contributed by atoms with van der Waals surface area (Å²) in [6, 6.07) is 10.6. The standard InChI is InChI=1S/C7H8N.Na/c8-6-7-4-2-1-3-5-7;/h2-5H,6,8H2;/q-1;+1. The second kappa shape index (κ2) is 5.00. The molecule has 0 amide bonds. The van der Waals surface area contributed by atoms with Gasteiger partial charge in [-0.25, -0.2) is 0 Å². The minimum atomic E-state index is 0. The van der Waals surface area contributed by atoms with Crippen LogP contribution in [0.3, 0.4) is 0 Å². The third-order valence-corrected chi connectivity index (χ3v) is 1.02. The first-order valence-electron chi connectivity index (χ1n) is 2.58. The minimum Gasteiger partial charge on any atom is -0.328 e. The van der Waals surface area contributed by atoms with Crippen LogP contribution < -0.4 is 35.3 Å². The van der Waals surface area contributed by atoms with E-state index in [4.69, 9.17) is 5.73 Å². The zero-order valence-electron chi connectivity index (χ0n) is 5.59. The summed E-state index contributed by atoms with van der Waals surface area (Å²) in [5.41, 5.74) is 6.49. The van der Waals surface area contributed by atoms with Crippen LogP contribution in [0.25, 0.3) is 0 Å². The van der Waals surface area contributed by atoms with Gasteiger partial charge in [-0.3, -0.25) is 0 Å². The Morgan fingerprint density at radius 3 is 2.22 bits per heavy atom. The molecule has 0 aliphatic heterocycles. The molecule has 0 aliphatic carbocycles. The zero-order valence-corrected chi connectivity index (χ0v) is 7.59. The van der Waals surface area contributed by atoms with E-state index in [1.165, 1.54) is 0 Å². The predicted molar refractivity (Wildman–Crippen MR) is 33.2 cm³/mol. The molecular formula is C7H8NNa. The maximum atomic E-state index is 5.34. The van der Waals surface area contributed by atoms with Gasteiger partial charge in [-0.1, -0.05) is 0 Å². The fourth-order valence-electron chi connectivity index (χ4n) is 0.557. The molecule has 1 rings (SSSR count). The van der Waals surface area contributed by atoms with Crippen molar-refractivity contribution in [2.45, 2.75) is 6.54 Å². The van der Waals surface area contributed by atoms with E-state index >= 15 is 0 Å². The molecule has 1 aromatic carbocycles. The first-order valence-corrected chi connectivity index (χ1v) is 2.58. The van der Waals surface area contributed by atoms with Gasteiger partial charge in [0.1, 0.15) is 0 Å². The smallest absolute Gasteiger partial charge is 0.328 e. The second-order valence-electron chi connectivity index (χ2n) is 1.61. The molecule has 0 fully saturated rings. The summed E-state index contributed by atoms with van der Waals surface area (Å²) >= 11 is 0. The van der Waals surface area contributed by atoms with E-state index in [1.807, 2.05) is 24.3 Å². The number of benzene rings is 1. The first kappa shape index (κ1) is 9.18. The number of hydrogen-bond acceptors (Lipinski definition) is 1. The molecular weight excluding hydrogens is 121 g/mol. The quantitative estimate of drug-likeness (QED) is 0.343. The molecule has 0 atom stereocenters. The van der Waals surface area contributed by atoms with Crippen molar-refractivity contribution in [3.63, 3.8) is 0 Å². The average Bonchev–Trinajstić information content (AvgIpc) is 1.90. The van der Waals surface area contributed by atoms with Gasteiger partial charge in [0.15, 0.2) is 0 Å². The summed E-state index contributed by atoms with van der Waals surface area (Å²) in [7, 11) is 0. The van der Waals surface area contributed by atoms with E-state index in [0.29, 0.717) is 6.54 Å². The molecule has 2 N–H and O–H groups in total. The van der Waals surface area contributed by atoms with Gasteiger partial charge in [-0.05, 0) is 6.54 Å². The van der Waals surface area contributed by atoms with E-state index in [2.05, 4.69) is 6.07 Å². The molecule has 1 nitrogen and oxygen atoms in total. The third kappa shape index (κ3) is 3.01. The van der Waals surface area contributed by atoms with Crippen LogP contribution in [0.5, 0.6) is 0 Å². The van der Waals surface area contributed by atoms with E-state index in [1.54, 1.807) is 0 Å². The molecule has 42 valence electrons. The van der Waals surface area contributed by atoms with Gasteiger partial charge in [0, 0.05) is 0 Å². The monoisotopic (exact) mass is 129 g/mol. The molecule has 9 heavy (non-hydrogen) atoms. The van der Waals surface area contributed by atoms with E-state index in [-0.39, 0.29) is 29.6 Å². The molecule has 0 unspecified atom stereocenters. The summed E-state index contributed by atoms with van der Waals surface area (Å²) < 4.78 is 0. The molecule has 0 aliphatic rings. The van der Waals surface area contributed by atoms with Gasteiger partial charge >= 0.3 is 29.6 Å². The fraction of sp³-hybridized carbons (Fsp3) is 0.143. The van der Waals surface area contributed by atoms with Crippen LogP contribution in [0.2, 0.25) is 0 Å². The Hall–Kier alpha value is 0.180. The summed E-state index contributed by atoms with van der Waals surface area (Å²) in [5.74, 6) is 0. The maximum Gasteiger partial charge on any atom is 1.00 e. The number of nitrogens with two attached hydrogens (primary N) is 1. The van der Waals surface area contributed by atoms with Crippen LogP contribution in [0, 0.1) is 6.07 Å². The molecule has 0 spiro atoms. The van der Waals surface area contributed by atoms with Crippen LogP contribution in [0.1, 0.15) is 5.56 Å². The molecule has 2 heteroatoms. The Labute approximate surface area is 77.5 Å². The molecule has 1 aromatic rings. The van der Waals surface area contributed by atoms with E-state index in [0.717, 1.165) is 5.56 Å². The average molecular weight is 129 g/mol. The van der Waals surface area contributed by atoms with Crippen LogP contribution in [0.15, 0.2) is 24.3 Å². The molecule has 0 saturated heterocycles. The largest absolute Gasteiger partial charge is 1.00 e. The maximum absolute atomic E-state index is 5.34. The van der Waals surface area contributed by atoms with Crippen molar-refractivity contribution in [3.8, 4) is 0 Å². The Kier molecular flexibility index (Phi) is 5.10. The van der Waals surface area contributed by atoms with Crippen LogP contribution in [-0.2, 0) is 6.54 Å². The van der Waals surface area contributed by atoms with E-state index in [9.17, 15) is 0 Å². The van der Waals surface area contributed by atoms with E-state index < -0.39 is 0 Å². The summed E-state index contributed by atoms with van der Waals surface area (Å²) in [4.78, 5) is 0. The van der Waals surface area contributed by atoms with Gasteiger partial charge in [-0.2, -0.15) is 30.3 Å². The Morgan fingerprint density at radius 2 is 1.89 bits per heavy atom. The minimum absolute atomic E-state index is 0. The van der Waals surface area contributed by atoms with Crippen LogP contribution >= 0.6 is 0 Å². The molecule has 0 heterocycles. The topological polar surface area (TPSA) is 26.0 Å². The first-order chi connectivity index (χ1) is 3.93. The normalized spacial score (nSPS) is 8.11. The SMILES string of the molecule is NCc1cc[c-]cc1.[Na+]. The fourth-order valence-corrected chi connectivity index (χ4v) is 0.557. The third-order valence-electron chi connectivity index (χ3n) is 1.02. The molecule has 0 radical (unpaired) electrons. The van der Waals surface area contributed by atoms with Gasteiger partial charge in [0.2, 0.25) is 0 Å². The Morgan fingerprint density at radius 1 is 1.33 bits per heavy atom. The van der Waals surface area contributed by atoms with Gasteiger partial charge in [0.05, 0.1) is 0 Å². The van der Waals surface area contributed by atoms with Crippen LogP contribution in [0.4, 0.5) is 0 Å². The van der Waals surface area contributed by atoms with Gasteiger partial charge in [0.25, 0.3) is 0 Å². The number of hydrogen-bond donors (Lipinski definition) is 1. The molecule has 0 bridgehead atoms.